The third-order valence-corrected chi connectivity index (χ3v) is 4.61. The Morgan fingerprint density at radius 2 is 1.60 bits per heavy atom. The lowest BCUT2D eigenvalue weighted by atomic mass is 10.0. The molecule has 20 heavy (non-hydrogen) atoms. The van der Waals surface area contributed by atoms with E-state index in [-0.39, 0.29) is 0 Å². The monoisotopic (exact) mass is 333 g/mol. The summed E-state index contributed by atoms with van der Waals surface area (Å²) in [4.78, 5) is 3.48. The van der Waals surface area contributed by atoms with Crippen LogP contribution in [0.5, 0.6) is 11.5 Å². The molecule has 1 aromatic heterocycles. The highest BCUT2D eigenvalue weighted by Gasteiger charge is 2.17. The van der Waals surface area contributed by atoms with Gasteiger partial charge in [0.05, 0.1) is 30.6 Å². The number of H-pyrrole nitrogens is 1. The number of halogens is 1. The lowest BCUT2D eigenvalue weighted by Crippen LogP contribution is -1.88. The predicted molar refractivity (Wildman–Crippen MR) is 86.1 cm³/mol. The van der Waals surface area contributed by atoms with Crippen LogP contribution in [0.1, 0.15) is 11.1 Å². The molecule has 4 heteroatoms. The van der Waals surface area contributed by atoms with Gasteiger partial charge in [-0.3, -0.25) is 0 Å². The first kappa shape index (κ1) is 13.3. The van der Waals surface area contributed by atoms with Crippen molar-refractivity contribution in [2.75, 3.05) is 14.2 Å². The Balaban J connectivity index is 2.62. The number of hydrogen-bond acceptors (Lipinski definition) is 2. The molecule has 0 aliphatic rings. The number of methoxy groups -OCH3 is 2. The van der Waals surface area contributed by atoms with Crippen molar-refractivity contribution < 1.29 is 9.47 Å². The molecule has 0 saturated carbocycles. The Kier molecular flexibility index (Phi) is 3.13. The molecule has 0 unspecified atom stereocenters. The van der Waals surface area contributed by atoms with Crippen molar-refractivity contribution in [3.05, 3.63) is 33.8 Å². The Labute approximate surface area is 126 Å². The van der Waals surface area contributed by atoms with Crippen LogP contribution in [0.15, 0.2) is 22.7 Å². The van der Waals surface area contributed by atoms with E-state index in [1.165, 1.54) is 16.5 Å². The normalized spacial score (nSPS) is 11.2. The highest BCUT2D eigenvalue weighted by Crippen LogP contribution is 2.42. The van der Waals surface area contributed by atoms with Gasteiger partial charge in [-0.1, -0.05) is 15.9 Å². The number of nitrogens with one attached hydrogen (secondary N) is 1. The Bertz CT molecular complexity index is 821. The van der Waals surface area contributed by atoms with Gasteiger partial charge in [-0.2, -0.15) is 0 Å². The molecule has 0 spiro atoms. The first-order chi connectivity index (χ1) is 9.58. The van der Waals surface area contributed by atoms with Gasteiger partial charge in [0, 0.05) is 9.86 Å². The third kappa shape index (κ3) is 1.71. The number of aromatic amines is 1. The number of fused-ring (bicyclic) bond motifs is 3. The number of benzene rings is 2. The second-order valence-corrected chi connectivity index (χ2v) is 5.75. The minimum absolute atomic E-state index is 0.826. The minimum Gasteiger partial charge on any atom is -0.496 e. The standard InChI is InChI=1S/C16H16BrNO2/c1-8-7-10(17)9(2)13-14-11(19-3)5-6-12(20-4)16(14)18-15(8)13/h5-7,18H,1-4H3. The van der Waals surface area contributed by atoms with E-state index in [1.807, 2.05) is 12.1 Å². The largest absolute Gasteiger partial charge is 0.496 e. The highest BCUT2D eigenvalue weighted by molar-refractivity contribution is 9.10. The van der Waals surface area contributed by atoms with Gasteiger partial charge < -0.3 is 14.5 Å². The quantitative estimate of drug-likeness (QED) is 0.736. The lowest BCUT2D eigenvalue weighted by Gasteiger charge is -2.08. The van der Waals surface area contributed by atoms with Gasteiger partial charge >= 0.3 is 0 Å². The van der Waals surface area contributed by atoms with Crippen molar-refractivity contribution in [3.63, 3.8) is 0 Å². The summed E-state index contributed by atoms with van der Waals surface area (Å²) in [6, 6.07) is 6.01. The van der Waals surface area contributed by atoms with Crippen LogP contribution >= 0.6 is 15.9 Å². The van der Waals surface area contributed by atoms with Crippen LogP contribution in [0, 0.1) is 13.8 Å². The summed E-state index contributed by atoms with van der Waals surface area (Å²) in [6.07, 6.45) is 0. The van der Waals surface area contributed by atoms with Crippen molar-refractivity contribution in [3.8, 4) is 11.5 Å². The van der Waals surface area contributed by atoms with Gasteiger partial charge in [0.15, 0.2) is 0 Å². The van der Waals surface area contributed by atoms with E-state index in [1.54, 1.807) is 14.2 Å². The topological polar surface area (TPSA) is 34.2 Å². The van der Waals surface area contributed by atoms with Crippen molar-refractivity contribution in [2.24, 2.45) is 0 Å². The highest BCUT2D eigenvalue weighted by atomic mass is 79.9. The molecule has 0 radical (unpaired) electrons. The zero-order valence-electron chi connectivity index (χ0n) is 11.9. The van der Waals surface area contributed by atoms with E-state index in [2.05, 4.69) is 40.8 Å². The molecule has 0 amide bonds. The summed E-state index contributed by atoms with van der Waals surface area (Å²) < 4.78 is 12.1. The van der Waals surface area contributed by atoms with E-state index in [0.717, 1.165) is 32.4 Å². The SMILES string of the molecule is COc1ccc(OC)c2c1[nH]c1c(C)cc(Br)c(C)c12. The number of aromatic nitrogens is 1. The third-order valence-electron chi connectivity index (χ3n) is 3.79. The van der Waals surface area contributed by atoms with Crippen molar-refractivity contribution in [2.45, 2.75) is 13.8 Å². The molecule has 1 heterocycles. The molecular weight excluding hydrogens is 318 g/mol. The maximum Gasteiger partial charge on any atom is 0.143 e. The first-order valence-electron chi connectivity index (χ1n) is 6.40. The predicted octanol–water partition coefficient (Wildman–Crippen LogP) is 4.72. The molecule has 2 aromatic carbocycles. The van der Waals surface area contributed by atoms with Crippen LogP contribution in [0.25, 0.3) is 21.8 Å². The van der Waals surface area contributed by atoms with E-state index >= 15 is 0 Å². The van der Waals surface area contributed by atoms with Gasteiger partial charge in [0.2, 0.25) is 0 Å². The van der Waals surface area contributed by atoms with Crippen LogP contribution in [-0.4, -0.2) is 19.2 Å². The molecule has 0 fully saturated rings. The maximum absolute atomic E-state index is 5.54. The lowest BCUT2D eigenvalue weighted by molar-refractivity contribution is 0.410. The smallest absolute Gasteiger partial charge is 0.143 e. The summed E-state index contributed by atoms with van der Waals surface area (Å²) >= 11 is 3.63. The van der Waals surface area contributed by atoms with Crippen LogP contribution in [-0.2, 0) is 0 Å². The molecule has 0 aliphatic heterocycles. The van der Waals surface area contributed by atoms with Crippen molar-refractivity contribution in [1.29, 1.82) is 0 Å². The number of hydrogen-bond donors (Lipinski definition) is 1. The van der Waals surface area contributed by atoms with Crippen LogP contribution in [0.2, 0.25) is 0 Å². The van der Waals surface area contributed by atoms with E-state index in [9.17, 15) is 0 Å². The summed E-state index contributed by atoms with van der Waals surface area (Å²) in [5.74, 6) is 1.68. The Morgan fingerprint density at radius 1 is 0.950 bits per heavy atom. The van der Waals surface area contributed by atoms with Crippen molar-refractivity contribution >= 4 is 37.7 Å². The molecule has 1 N–H and O–H groups in total. The average molecular weight is 334 g/mol. The number of rotatable bonds is 2. The molecule has 104 valence electrons. The molecular formula is C16H16BrNO2. The van der Waals surface area contributed by atoms with Crippen LogP contribution in [0.4, 0.5) is 0 Å². The molecule has 3 aromatic rings. The van der Waals surface area contributed by atoms with E-state index in [4.69, 9.17) is 9.47 Å². The number of ether oxygens (including phenoxy) is 2. The fraction of sp³-hybridized carbons (Fsp3) is 0.250. The second kappa shape index (κ2) is 4.70. The molecule has 3 rings (SSSR count). The summed E-state index contributed by atoms with van der Waals surface area (Å²) in [5.41, 5.74) is 4.50. The second-order valence-electron chi connectivity index (χ2n) is 4.90. The summed E-state index contributed by atoms with van der Waals surface area (Å²) in [6.45, 7) is 4.21. The average Bonchev–Trinajstić information content (AvgIpc) is 2.85. The van der Waals surface area contributed by atoms with Crippen LogP contribution in [0.3, 0.4) is 0 Å². The van der Waals surface area contributed by atoms with Gasteiger partial charge in [-0.15, -0.1) is 0 Å². The van der Waals surface area contributed by atoms with Gasteiger partial charge in [0.1, 0.15) is 11.5 Å². The summed E-state index contributed by atoms with van der Waals surface area (Å²) in [5, 5.41) is 2.26. The first-order valence-corrected chi connectivity index (χ1v) is 7.19. The van der Waals surface area contributed by atoms with E-state index in [0.29, 0.717) is 0 Å². The van der Waals surface area contributed by atoms with Crippen LogP contribution < -0.4 is 9.47 Å². The number of aryl methyl sites for hydroxylation is 2. The molecule has 0 bridgehead atoms. The van der Waals surface area contributed by atoms with Gasteiger partial charge in [0.25, 0.3) is 0 Å². The fourth-order valence-electron chi connectivity index (χ4n) is 2.75. The van der Waals surface area contributed by atoms with E-state index < -0.39 is 0 Å². The van der Waals surface area contributed by atoms with Crippen molar-refractivity contribution in [1.82, 2.24) is 4.98 Å². The fourth-order valence-corrected chi connectivity index (χ4v) is 3.29. The Morgan fingerprint density at radius 3 is 2.25 bits per heavy atom. The molecule has 3 nitrogen and oxygen atoms in total. The van der Waals surface area contributed by atoms with Gasteiger partial charge in [-0.25, -0.2) is 0 Å². The summed E-state index contributed by atoms with van der Waals surface area (Å²) in [7, 11) is 3.38. The molecule has 0 aliphatic carbocycles. The zero-order chi connectivity index (χ0) is 14.4. The zero-order valence-corrected chi connectivity index (χ0v) is 13.5. The maximum atomic E-state index is 5.54. The minimum atomic E-state index is 0.826. The molecule has 0 saturated heterocycles. The Hall–Kier alpha value is -1.68. The van der Waals surface area contributed by atoms with Gasteiger partial charge in [-0.05, 0) is 43.2 Å². The molecule has 0 atom stereocenters.